The van der Waals surface area contributed by atoms with Gasteiger partial charge in [0.2, 0.25) is 0 Å². The van der Waals surface area contributed by atoms with E-state index in [0.717, 1.165) is 8.95 Å². The molecular weight excluding hydrogens is 362 g/mol. The average molecular weight is 371 g/mol. The van der Waals surface area contributed by atoms with Crippen molar-refractivity contribution in [1.29, 1.82) is 0 Å². The van der Waals surface area contributed by atoms with Crippen LogP contribution in [-0.2, 0) is 0 Å². The Labute approximate surface area is 121 Å². The second-order valence-electron chi connectivity index (χ2n) is 3.54. The van der Waals surface area contributed by atoms with E-state index < -0.39 is 0 Å². The Kier molecular flexibility index (Phi) is 3.98. The summed E-state index contributed by atoms with van der Waals surface area (Å²) in [4.78, 5) is 15.8. The number of halogens is 2. The number of rotatable bonds is 2. The molecule has 2 rings (SSSR count). The SMILES string of the molecule is Nc1cc(Br)cc(Br)c1NC(=O)c1ccncc1. The standard InChI is InChI=1S/C12H9Br2N3O/c13-8-5-9(14)11(10(15)6-8)17-12(18)7-1-3-16-4-2-7/h1-6H,15H2,(H,17,18). The van der Waals surface area contributed by atoms with Gasteiger partial charge in [0.05, 0.1) is 11.4 Å². The number of nitrogens with zero attached hydrogens (tertiary/aromatic N) is 1. The molecule has 0 aliphatic carbocycles. The molecular formula is C12H9Br2N3O. The molecule has 1 aromatic carbocycles. The first-order valence-corrected chi connectivity index (χ1v) is 6.62. The molecule has 92 valence electrons. The number of nitrogens with one attached hydrogen (secondary N) is 1. The van der Waals surface area contributed by atoms with Gasteiger partial charge in [0.25, 0.3) is 5.91 Å². The van der Waals surface area contributed by atoms with Crippen molar-refractivity contribution in [3.8, 4) is 0 Å². The van der Waals surface area contributed by atoms with Crippen LogP contribution < -0.4 is 11.1 Å². The van der Waals surface area contributed by atoms with E-state index in [-0.39, 0.29) is 5.91 Å². The molecule has 6 heteroatoms. The predicted octanol–water partition coefficient (Wildman–Crippen LogP) is 3.44. The highest BCUT2D eigenvalue weighted by Crippen LogP contribution is 2.32. The number of nitrogens with two attached hydrogens (primary N) is 1. The molecule has 0 unspecified atom stereocenters. The van der Waals surface area contributed by atoms with Gasteiger partial charge < -0.3 is 11.1 Å². The van der Waals surface area contributed by atoms with E-state index in [0.29, 0.717) is 16.9 Å². The van der Waals surface area contributed by atoms with Gasteiger partial charge in [-0.15, -0.1) is 0 Å². The molecule has 0 spiro atoms. The number of hydrogen-bond acceptors (Lipinski definition) is 3. The van der Waals surface area contributed by atoms with Gasteiger partial charge in [0.1, 0.15) is 0 Å². The number of benzene rings is 1. The maximum Gasteiger partial charge on any atom is 0.255 e. The van der Waals surface area contributed by atoms with Crippen LogP contribution in [0.25, 0.3) is 0 Å². The topological polar surface area (TPSA) is 68.0 Å². The lowest BCUT2D eigenvalue weighted by atomic mass is 10.2. The zero-order valence-electron chi connectivity index (χ0n) is 9.15. The summed E-state index contributed by atoms with van der Waals surface area (Å²) in [5.74, 6) is -0.230. The van der Waals surface area contributed by atoms with Gasteiger partial charge in [0, 0.05) is 26.9 Å². The molecule has 0 fully saturated rings. The third-order valence-electron chi connectivity index (χ3n) is 2.27. The molecule has 0 aliphatic rings. The van der Waals surface area contributed by atoms with Crippen LogP contribution in [0.4, 0.5) is 11.4 Å². The number of carbonyl (C=O) groups is 1. The largest absolute Gasteiger partial charge is 0.397 e. The first kappa shape index (κ1) is 13.0. The molecule has 1 aromatic heterocycles. The summed E-state index contributed by atoms with van der Waals surface area (Å²) in [5, 5.41) is 2.76. The first-order chi connectivity index (χ1) is 8.58. The Morgan fingerprint density at radius 1 is 1.22 bits per heavy atom. The van der Waals surface area contributed by atoms with Crippen LogP contribution >= 0.6 is 31.9 Å². The fourth-order valence-corrected chi connectivity index (χ4v) is 2.77. The summed E-state index contributed by atoms with van der Waals surface area (Å²) in [6.45, 7) is 0. The number of nitrogen functional groups attached to an aromatic ring is 1. The summed E-state index contributed by atoms with van der Waals surface area (Å²) in [5.41, 5.74) is 7.43. The van der Waals surface area contributed by atoms with E-state index in [1.807, 2.05) is 6.07 Å². The minimum Gasteiger partial charge on any atom is -0.397 e. The number of pyridine rings is 1. The molecule has 3 N–H and O–H groups in total. The highest BCUT2D eigenvalue weighted by molar-refractivity contribution is 9.11. The Morgan fingerprint density at radius 3 is 2.50 bits per heavy atom. The van der Waals surface area contributed by atoms with Crippen LogP contribution in [0.3, 0.4) is 0 Å². The number of anilines is 2. The fraction of sp³-hybridized carbons (Fsp3) is 0. The Bertz CT molecular complexity index is 564. The van der Waals surface area contributed by atoms with Crippen molar-refractivity contribution < 1.29 is 4.79 Å². The highest BCUT2D eigenvalue weighted by Gasteiger charge is 2.11. The third kappa shape index (κ3) is 2.88. The normalized spacial score (nSPS) is 10.1. The molecule has 0 saturated heterocycles. The van der Waals surface area contributed by atoms with Crippen LogP contribution in [0.5, 0.6) is 0 Å². The Morgan fingerprint density at radius 2 is 1.89 bits per heavy atom. The average Bonchev–Trinajstić information content (AvgIpc) is 2.34. The van der Waals surface area contributed by atoms with Crippen LogP contribution in [0.2, 0.25) is 0 Å². The van der Waals surface area contributed by atoms with E-state index in [2.05, 4.69) is 42.2 Å². The van der Waals surface area contributed by atoms with Crippen LogP contribution in [0.15, 0.2) is 45.6 Å². The number of amides is 1. The monoisotopic (exact) mass is 369 g/mol. The number of carbonyl (C=O) groups excluding carboxylic acids is 1. The van der Waals surface area contributed by atoms with E-state index in [4.69, 9.17) is 5.73 Å². The van der Waals surface area contributed by atoms with Gasteiger partial charge >= 0.3 is 0 Å². The minimum atomic E-state index is -0.230. The van der Waals surface area contributed by atoms with Crippen molar-refractivity contribution >= 4 is 49.1 Å². The van der Waals surface area contributed by atoms with Crippen molar-refractivity contribution in [1.82, 2.24) is 4.98 Å². The summed E-state index contributed by atoms with van der Waals surface area (Å²) >= 11 is 6.69. The van der Waals surface area contributed by atoms with Gasteiger partial charge in [0.15, 0.2) is 0 Å². The summed E-state index contributed by atoms with van der Waals surface area (Å²) in [7, 11) is 0. The molecule has 4 nitrogen and oxygen atoms in total. The van der Waals surface area contributed by atoms with Crippen molar-refractivity contribution in [2.75, 3.05) is 11.1 Å². The second-order valence-corrected chi connectivity index (χ2v) is 5.31. The zero-order chi connectivity index (χ0) is 13.1. The molecule has 0 atom stereocenters. The van der Waals surface area contributed by atoms with E-state index >= 15 is 0 Å². The highest BCUT2D eigenvalue weighted by atomic mass is 79.9. The Balaban J connectivity index is 2.28. The van der Waals surface area contributed by atoms with E-state index in [9.17, 15) is 4.79 Å². The summed E-state index contributed by atoms with van der Waals surface area (Å²) < 4.78 is 1.56. The zero-order valence-corrected chi connectivity index (χ0v) is 12.3. The number of hydrogen-bond donors (Lipinski definition) is 2. The lowest BCUT2D eigenvalue weighted by Crippen LogP contribution is -2.13. The number of aromatic nitrogens is 1. The maximum atomic E-state index is 12.0. The van der Waals surface area contributed by atoms with Crippen LogP contribution in [-0.4, -0.2) is 10.9 Å². The van der Waals surface area contributed by atoms with Gasteiger partial charge in [-0.3, -0.25) is 9.78 Å². The predicted molar refractivity (Wildman–Crippen MR) is 78.4 cm³/mol. The van der Waals surface area contributed by atoms with Gasteiger partial charge in [-0.05, 0) is 40.2 Å². The molecule has 1 heterocycles. The van der Waals surface area contributed by atoms with Crippen LogP contribution in [0.1, 0.15) is 10.4 Å². The first-order valence-electron chi connectivity index (χ1n) is 5.04. The third-order valence-corrected chi connectivity index (χ3v) is 3.35. The molecule has 0 radical (unpaired) electrons. The molecule has 0 bridgehead atoms. The lowest BCUT2D eigenvalue weighted by Gasteiger charge is -2.10. The molecule has 18 heavy (non-hydrogen) atoms. The van der Waals surface area contributed by atoms with Crippen molar-refractivity contribution in [3.05, 3.63) is 51.2 Å². The van der Waals surface area contributed by atoms with Gasteiger partial charge in [-0.2, -0.15) is 0 Å². The van der Waals surface area contributed by atoms with Gasteiger partial charge in [-0.1, -0.05) is 15.9 Å². The maximum absolute atomic E-state index is 12.0. The van der Waals surface area contributed by atoms with E-state index in [1.54, 1.807) is 30.6 Å². The summed E-state index contributed by atoms with van der Waals surface area (Å²) in [6.07, 6.45) is 3.13. The van der Waals surface area contributed by atoms with Crippen molar-refractivity contribution in [2.45, 2.75) is 0 Å². The molecule has 0 aliphatic heterocycles. The minimum absolute atomic E-state index is 0.230. The quantitative estimate of drug-likeness (QED) is 0.795. The van der Waals surface area contributed by atoms with E-state index in [1.165, 1.54) is 0 Å². The molecule has 2 aromatic rings. The smallest absolute Gasteiger partial charge is 0.255 e. The molecule has 1 amide bonds. The Hall–Kier alpha value is -1.40. The van der Waals surface area contributed by atoms with Crippen LogP contribution in [0, 0.1) is 0 Å². The molecule has 0 saturated carbocycles. The fourth-order valence-electron chi connectivity index (χ4n) is 1.41. The second kappa shape index (κ2) is 5.49. The lowest BCUT2D eigenvalue weighted by molar-refractivity contribution is 0.102. The van der Waals surface area contributed by atoms with Gasteiger partial charge in [-0.25, -0.2) is 0 Å². The van der Waals surface area contributed by atoms with Crippen molar-refractivity contribution in [3.63, 3.8) is 0 Å². The van der Waals surface area contributed by atoms with Crippen molar-refractivity contribution in [2.24, 2.45) is 0 Å². The summed E-state index contributed by atoms with van der Waals surface area (Å²) in [6, 6.07) is 6.82.